The first-order valence-electron chi connectivity index (χ1n) is 11.9. The van der Waals surface area contributed by atoms with Gasteiger partial charge in [-0.1, -0.05) is 43.0 Å². The zero-order valence-electron chi connectivity index (χ0n) is 18.2. The number of hydrogen-bond acceptors (Lipinski definition) is 6. The van der Waals surface area contributed by atoms with Crippen molar-refractivity contribution in [2.45, 2.75) is 69.7 Å². The van der Waals surface area contributed by atoms with E-state index in [-0.39, 0.29) is 12.1 Å². The molecule has 8 heteroatoms. The van der Waals surface area contributed by atoms with Crippen LogP contribution < -0.4 is 0 Å². The van der Waals surface area contributed by atoms with Gasteiger partial charge in [-0.05, 0) is 53.8 Å². The molecule has 3 aliphatic rings. The highest BCUT2D eigenvalue weighted by Crippen LogP contribution is 2.31. The van der Waals surface area contributed by atoms with Gasteiger partial charge in [0.15, 0.2) is 5.82 Å². The molecule has 7 nitrogen and oxygen atoms in total. The molecule has 2 atom stereocenters. The second kappa shape index (κ2) is 9.94. The fraction of sp³-hybridized carbons (Fsp3) is 0.696. The molecule has 1 aliphatic carbocycles. The Labute approximate surface area is 189 Å². The van der Waals surface area contributed by atoms with Crippen molar-refractivity contribution in [1.29, 1.82) is 0 Å². The van der Waals surface area contributed by atoms with Crippen molar-refractivity contribution in [2.75, 3.05) is 32.8 Å². The Kier molecular flexibility index (Phi) is 6.84. The van der Waals surface area contributed by atoms with Crippen LogP contribution in [0.4, 0.5) is 0 Å². The summed E-state index contributed by atoms with van der Waals surface area (Å²) >= 11 is 6.19. The highest BCUT2D eigenvalue weighted by Gasteiger charge is 2.33. The van der Waals surface area contributed by atoms with Crippen molar-refractivity contribution >= 4 is 11.6 Å². The maximum atomic E-state index is 6.19. The van der Waals surface area contributed by atoms with E-state index in [0.717, 1.165) is 62.5 Å². The highest BCUT2D eigenvalue weighted by molar-refractivity contribution is 6.30. The van der Waals surface area contributed by atoms with E-state index in [1.54, 1.807) is 0 Å². The lowest BCUT2D eigenvalue weighted by molar-refractivity contribution is 0.0595. The zero-order valence-corrected chi connectivity index (χ0v) is 19.0. The smallest absolute Gasteiger partial charge is 0.173 e. The van der Waals surface area contributed by atoms with E-state index in [9.17, 15) is 0 Å². The molecule has 1 aromatic carbocycles. The van der Waals surface area contributed by atoms with Crippen LogP contribution in [0.1, 0.15) is 62.4 Å². The molecule has 3 heterocycles. The van der Waals surface area contributed by atoms with E-state index in [1.165, 1.54) is 37.7 Å². The summed E-state index contributed by atoms with van der Waals surface area (Å²) < 4.78 is 7.82. The quantitative estimate of drug-likeness (QED) is 0.679. The molecule has 2 aliphatic heterocycles. The Morgan fingerprint density at radius 3 is 2.45 bits per heavy atom. The van der Waals surface area contributed by atoms with Crippen molar-refractivity contribution in [1.82, 2.24) is 30.0 Å². The lowest BCUT2D eigenvalue weighted by atomic mass is 9.93. The number of benzene rings is 1. The summed E-state index contributed by atoms with van der Waals surface area (Å²) in [5, 5.41) is 13.6. The van der Waals surface area contributed by atoms with Crippen LogP contribution in [0.3, 0.4) is 0 Å². The molecule has 0 bridgehead atoms. The van der Waals surface area contributed by atoms with Gasteiger partial charge in [-0.2, -0.15) is 0 Å². The molecule has 5 rings (SSSR count). The van der Waals surface area contributed by atoms with Crippen LogP contribution >= 0.6 is 11.6 Å². The second-order valence-corrected chi connectivity index (χ2v) is 9.61. The first-order valence-corrected chi connectivity index (χ1v) is 12.3. The number of piperazine rings is 1. The summed E-state index contributed by atoms with van der Waals surface area (Å²) in [6, 6.07) is 8.97. The normalized spacial score (nSPS) is 25.1. The lowest BCUT2D eigenvalue weighted by Crippen LogP contribution is -2.52. The van der Waals surface area contributed by atoms with Gasteiger partial charge in [0.1, 0.15) is 0 Å². The van der Waals surface area contributed by atoms with Crippen LogP contribution in [0.25, 0.3) is 0 Å². The Balaban J connectivity index is 1.36. The SMILES string of the molecule is Clc1ccc(C(c2nnnn2CC2CCCO2)N2CCN(C3CCCCC3)CC2)cc1. The molecule has 2 aromatic rings. The summed E-state index contributed by atoms with van der Waals surface area (Å²) in [7, 11) is 0. The van der Waals surface area contributed by atoms with Crippen molar-refractivity contribution in [3.8, 4) is 0 Å². The molecule has 3 fully saturated rings. The van der Waals surface area contributed by atoms with E-state index in [0.29, 0.717) is 6.54 Å². The minimum Gasteiger partial charge on any atom is -0.376 e. The molecule has 2 saturated heterocycles. The molecular formula is C23H33ClN6O. The summed E-state index contributed by atoms with van der Waals surface area (Å²) in [6.07, 6.45) is 9.29. The second-order valence-electron chi connectivity index (χ2n) is 9.17. The molecule has 0 amide bonds. The van der Waals surface area contributed by atoms with Crippen LogP contribution in [0.15, 0.2) is 24.3 Å². The number of ether oxygens (including phenoxy) is 1. The summed E-state index contributed by atoms with van der Waals surface area (Å²) in [5.74, 6) is 0.906. The van der Waals surface area contributed by atoms with Crippen LogP contribution in [-0.4, -0.2) is 74.9 Å². The van der Waals surface area contributed by atoms with Gasteiger partial charge in [0.05, 0.1) is 18.7 Å². The van der Waals surface area contributed by atoms with Crippen LogP contribution in [0.5, 0.6) is 0 Å². The first kappa shape index (κ1) is 21.3. The highest BCUT2D eigenvalue weighted by atomic mass is 35.5. The van der Waals surface area contributed by atoms with E-state index in [2.05, 4.69) is 37.5 Å². The largest absolute Gasteiger partial charge is 0.376 e. The molecule has 168 valence electrons. The van der Waals surface area contributed by atoms with Gasteiger partial charge < -0.3 is 4.74 Å². The van der Waals surface area contributed by atoms with Gasteiger partial charge in [-0.15, -0.1) is 5.10 Å². The van der Waals surface area contributed by atoms with E-state index in [4.69, 9.17) is 16.3 Å². The van der Waals surface area contributed by atoms with Crippen molar-refractivity contribution in [2.24, 2.45) is 0 Å². The molecule has 2 unspecified atom stereocenters. The van der Waals surface area contributed by atoms with E-state index >= 15 is 0 Å². The minimum absolute atomic E-state index is 0.0298. The van der Waals surface area contributed by atoms with Crippen molar-refractivity contribution < 1.29 is 4.74 Å². The molecule has 0 radical (unpaired) electrons. The topological polar surface area (TPSA) is 59.3 Å². The van der Waals surface area contributed by atoms with Gasteiger partial charge in [-0.25, -0.2) is 4.68 Å². The molecule has 1 saturated carbocycles. The van der Waals surface area contributed by atoms with Gasteiger partial charge >= 0.3 is 0 Å². The molecule has 0 spiro atoms. The maximum Gasteiger partial charge on any atom is 0.173 e. The van der Waals surface area contributed by atoms with Crippen molar-refractivity contribution in [3.63, 3.8) is 0 Å². The Hall–Kier alpha value is -1.54. The maximum absolute atomic E-state index is 6.19. The van der Waals surface area contributed by atoms with Crippen molar-refractivity contribution in [3.05, 3.63) is 40.7 Å². The summed E-state index contributed by atoms with van der Waals surface area (Å²) in [5.41, 5.74) is 1.19. The van der Waals surface area contributed by atoms with Gasteiger partial charge in [0, 0.05) is 43.9 Å². The minimum atomic E-state index is 0.0298. The predicted molar refractivity (Wildman–Crippen MR) is 120 cm³/mol. The fourth-order valence-electron chi connectivity index (χ4n) is 5.49. The molecule has 31 heavy (non-hydrogen) atoms. The average Bonchev–Trinajstić information content (AvgIpc) is 3.49. The molecule has 1 aromatic heterocycles. The molecule has 0 N–H and O–H groups in total. The fourth-order valence-corrected chi connectivity index (χ4v) is 5.62. The number of halogens is 1. The number of aromatic nitrogens is 4. The van der Waals surface area contributed by atoms with Crippen LogP contribution in [0, 0.1) is 0 Å². The van der Waals surface area contributed by atoms with Crippen LogP contribution in [0.2, 0.25) is 5.02 Å². The summed E-state index contributed by atoms with van der Waals surface area (Å²) in [6.45, 7) is 5.83. The molecular weight excluding hydrogens is 412 g/mol. The predicted octanol–water partition coefficient (Wildman–Crippen LogP) is 3.55. The lowest BCUT2D eigenvalue weighted by Gasteiger charge is -2.43. The number of nitrogens with zero attached hydrogens (tertiary/aromatic N) is 6. The standard InChI is InChI=1S/C23H33ClN6O/c24-19-10-8-18(9-11-19)22(23-25-26-27-30(23)17-21-7-4-16-31-21)29-14-12-28(13-15-29)20-5-2-1-3-6-20/h8-11,20-22H,1-7,12-17H2. The van der Waals surface area contributed by atoms with Gasteiger partial charge in [0.2, 0.25) is 0 Å². The monoisotopic (exact) mass is 444 g/mol. The Morgan fingerprint density at radius 2 is 1.74 bits per heavy atom. The first-order chi connectivity index (χ1) is 15.3. The number of hydrogen-bond donors (Lipinski definition) is 0. The Bertz CT molecular complexity index is 823. The zero-order chi connectivity index (χ0) is 21.0. The number of rotatable bonds is 6. The van der Waals surface area contributed by atoms with Crippen LogP contribution in [-0.2, 0) is 11.3 Å². The summed E-state index contributed by atoms with van der Waals surface area (Å²) in [4.78, 5) is 5.25. The van der Waals surface area contributed by atoms with E-state index < -0.39 is 0 Å². The van der Waals surface area contributed by atoms with Gasteiger partial charge in [0.25, 0.3) is 0 Å². The third-order valence-electron chi connectivity index (χ3n) is 7.20. The third-order valence-corrected chi connectivity index (χ3v) is 7.45. The third kappa shape index (κ3) is 4.95. The Morgan fingerprint density at radius 1 is 0.968 bits per heavy atom. The van der Waals surface area contributed by atoms with E-state index in [1.807, 2.05) is 16.8 Å². The van der Waals surface area contributed by atoms with Gasteiger partial charge in [-0.3, -0.25) is 9.80 Å². The average molecular weight is 445 g/mol. The number of tetrazole rings is 1.